The molecule has 29 heavy (non-hydrogen) atoms. The first-order chi connectivity index (χ1) is 13.8. The number of hydroxylamine groups is 2. The minimum atomic E-state index is -0.656. The molecule has 0 unspecified atom stereocenters. The molecule has 0 heterocycles. The van der Waals surface area contributed by atoms with Gasteiger partial charge in [-0.25, -0.2) is 10.3 Å². The highest BCUT2D eigenvalue weighted by Crippen LogP contribution is 2.26. The van der Waals surface area contributed by atoms with Crippen LogP contribution in [0.2, 0.25) is 0 Å². The molecule has 1 fully saturated rings. The Kier molecular flexibility index (Phi) is 11.6. The van der Waals surface area contributed by atoms with E-state index in [0.29, 0.717) is 12.8 Å². The normalized spacial score (nSPS) is 17.4. The van der Waals surface area contributed by atoms with Crippen LogP contribution in [0.25, 0.3) is 0 Å². The van der Waals surface area contributed by atoms with Crippen LogP contribution in [0, 0.1) is 23.7 Å². The van der Waals surface area contributed by atoms with E-state index < -0.39 is 23.7 Å². The molecule has 0 radical (unpaired) electrons. The highest BCUT2D eigenvalue weighted by atomic mass is 16.7. The first-order valence-electron chi connectivity index (χ1n) is 10.8. The van der Waals surface area contributed by atoms with Crippen molar-refractivity contribution in [3.63, 3.8) is 0 Å². The molecule has 0 spiro atoms. The van der Waals surface area contributed by atoms with Crippen molar-refractivity contribution >= 4 is 17.8 Å². The van der Waals surface area contributed by atoms with Gasteiger partial charge in [-0.1, -0.05) is 53.0 Å². The van der Waals surface area contributed by atoms with Gasteiger partial charge in [0.15, 0.2) is 0 Å². The molecule has 3 atom stereocenters. The molecule has 0 aromatic carbocycles. The maximum Gasteiger partial charge on any atom is 0.332 e. The van der Waals surface area contributed by atoms with Crippen molar-refractivity contribution in [2.45, 2.75) is 85.2 Å². The summed E-state index contributed by atoms with van der Waals surface area (Å²) in [6.07, 6.45) is 7.57. The van der Waals surface area contributed by atoms with Gasteiger partial charge in [0, 0.05) is 0 Å². The molecule has 0 aliphatic heterocycles. The molecule has 1 aliphatic carbocycles. The van der Waals surface area contributed by atoms with E-state index in [4.69, 9.17) is 9.68 Å². The summed E-state index contributed by atoms with van der Waals surface area (Å²) < 4.78 is 0. The van der Waals surface area contributed by atoms with Crippen molar-refractivity contribution in [2.75, 3.05) is 0 Å². The Morgan fingerprint density at radius 3 is 2.24 bits per heavy atom. The largest absolute Gasteiger partial charge is 0.341 e. The number of hydrogen-bond acceptors (Lipinski definition) is 5. The fraction of sp³-hybridized carbons (Fsp3) is 0.773. The van der Waals surface area contributed by atoms with Gasteiger partial charge >= 0.3 is 5.97 Å². The Balaban J connectivity index is 2.74. The fourth-order valence-corrected chi connectivity index (χ4v) is 3.47. The van der Waals surface area contributed by atoms with Crippen LogP contribution in [-0.4, -0.2) is 23.9 Å². The number of carbonyl (C=O) groups excluding carboxylic acids is 3. The Hall–Kier alpha value is -1.89. The predicted molar refractivity (Wildman–Crippen MR) is 111 cm³/mol. The van der Waals surface area contributed by atoms with Crippen LogP contribution in [-0.2, 0) is 24.1 Å². The zero-order chi connectivity index (χ0) is 21.8. The molecule has 166 valence electrons. The summed E-state index contributed by atoms with van der Waals surface area (Å²) in [5.41, 5.74) is 4.81. The molecule has 0 aromatic rings. The van der Waals surface area contributed by atoms with Crippen LogP contribution >= 0.6 is 0 Å². The summed E-state index contributed by atoms with van der Waals surface area (Å²) >= 11 is 0. The molecule has 0 aromatic heterocycles. The molecule has 1 rings (SSSR count). The van der Waals surface area contributed by atoms with E-state index >= 15 is 0 Å². The number of rotatable bonds is 12. The average molecular weight is 411 g/mol. The molecule has 1 saturated carbocycles. The van der Waals surface area contributed by atoms with Crippen LogP contribution in [0.15, 0.2) is 12.7 Å². The van der Waals surface area contributed by atoms with Crippen molar-refractivity contribution < 1.29 is 24.1 Å². The molecule has 2 amide bonds. The lowest BCUT2D eigenvalue weighted by molar-refractivity contribution is -0.162. The number of allylic oxidation sites excluding steroid dienone is 1. The summed E-state index contributed by atoms with van der Waals surface area (Å²) in [6.45, 7) is 11.6. The molecule has 7 nitrogen and oxygen atoms in total. The zero-order valence-electron chi connectivity index (χ0n) is 18.4. The summed E-state index contributed by atoms with van der Waals surface area (Å²) in [5, 5.41) is 0. The number of amides is 2. The van der Waals surface area contributed by atoms with Crippen molar-refractivity contribution in [3.05, 3.63) is 12.7 Å². The third-order valence-corrected chi connectivity index (χ3v) is 5.41. The highest BCUT2D eigenvalue weighted by Gasteiger charge is 2.34. The van der Waals surface area contributed by atoms with Gasteiger partial charge in [-0.05, 0) is 37.5 Å². The van der Waals surface area contributed by atoms with Crippen molar-refractivity contribution in [2.24, 2.45) is 23.7 Å². The zero-order valence-corrected chi connectivity index (χ0v) is 18.4. The van der Waals surface area contributed by atoms with Gasteiger partial charge in [-0.15, -0.1) is 6.58 Å². The van der Waals surface area contributed by atoms with E-state index in [1.54, 1.807) is 6.08 Å². The second-order valence-electron chi connectivity index (χ2n) is 8.52. The molecular formula is C22H38N2O5. The Morgan fingerprint density at radius 1 is 1.07 bits per heavy atom. The molecule has 1 aliphatic rings. The second-order valence-corrected chi connectivity index (χ2v) is 8.52. The van der Waals surface area contributed by atoms with E-state index in [-0.39, 0.29) is 30.3 Å². The SMILES string of the molecule is C=CC[C@H](C(=O)NOC1CCCC1)[C@@H](CC(C)C)C(=O)NOC(=O)C[C@@H](C)CC. The second kappa shape index (κ2) is 13.4. The third-order valence-electron chi connectivity index (χ3n) is 5.41. The van der Waals surface area contributed by atoms with Crippen molar-refractivity contribution in [1.29, 1.82) is 0 Å². The molecule has 2 N–H and O–H groups in total. The molecular weight excluding hydrogens is 372 g/mol. The first-order valence-corrected chi connectivity index (χ1v) is 10.8. The molecule has 0 saturated heterocycles. The van der Waals surface area contributed by atoms with Crippen LogP contribution in [0.5, 0.6) is 0 Å². The third kappa shape index (κ3) is 9.43. The molecule has 7 heteroatoms. The van der Waals surface area contributed by atoms with Crippen LogP contribution in [0.4, 0.5) is 0 Å². The lowest BCUT2D eigenvalue weighted by atomic mass is 9.82. The molecule has 0 bridgehead atoms. The first kappa shape index (κ1) is 25.1. The number of carbonyl (C=O) groups is 3. The van der Waals surface area contributed by atoms with Gasteiger partial charge in [0.2, 0.25) is 5.91 Å². The summed E-state index contributed by atoms with van der Waals surface area (Å²) in [7, 11) is 0. The van der Waals surface area contributed by atoms with E-state index in [1.165, 1.54) is 0 Å². The Morgan fingerprint density at radius 2 is 1.69 bits per heavy atom. The van der Waals surface area contributed by atoms with Crippen LogP contribution in [0.3, 0.4) is 0 Å². The van der Waals surface area contributed by atoms with Gasteiger partial charge in [0.05, 0.1) is 24.4 Å². The van der Waals surface area contributed by atoms with E-state index in [2.05, 4.69) is 17.5 Å². The van der Waals surface area contributed by atoms with Gasteiger partial charge < -0.3 is 4.84 Å². The fourth-order valence-electron chi connectivity index (χ4n) is 3.47. The maximum absolute atomic E-state index is 12.8. The lowest BCUT2D eigenvalue weighted by Crippen LogP contribution is -2.44. The average Bonchev–Trinajstić information content (AvgIpc) is 3.20. The Bertz CT molecular complexity index is 543. The van der Waals surface area contributed by atoms with Gasteiger partial charge in [0.1, 0.15) is 0 Å². The Labute approximate surface area is 174 Å². The predicted octanol–water partition coefficient (Wildman–Crippen LogP) is 3.84. The van der Waals surface area contributed by atoms with E-state index in [1.807, 2.05) is 27.7 Å². The van der Waals surface area contributed by atoms with Gasteiger partial charge in [-0.3, -0.25) is 14.4 Å². The number of hydrogen-bond donors (Lipinski definition) is 2. The quantitative estimate of drug-likeness (QED) is 0.377. The van der Waals surface area contributed by atoms with E-state index in [0.717, 1.165) is 32.1 Å². The van der Waals surface area contributed by atoms with Crippen molar-refractivity contribution in [3.8, 4) is 0 Å². The highest BCUT2D eigenvalue weighted by molar-refractivity contribution is 5.87. The van der Waals surface area contributed by atoms with E-state index in [9.17, 15) is 14.4 Å². The summed E-state index contributed by atoms with van der Waals surface area (Å²) in [4.78, 5) is 47.9. The maximum atomic E-state index is 12.8. The smallest absolute Gasteiger partial charge is 0.332 e. The minimum Gasteiger partial charge on any atom is -0.341 e. The summed E-state index contributed by atoms with van der Waals surface area (Å²) in [6, 6.07) is 0. The topological polar surface area (TPSA) is 93.7 Å². The standard InChI is InChI=1S/C22H38N2O5/c1-6-10-18(21(26)23-28-17-11-8-9-12-17)19(13-15(3)4)22(27)24-29-20(25)14-16(5)7-2/h6,15-19H,1,7-14H2,2-5H3,(H,23,26)(H,24,27)/t16-,18-,19+/m0/s1. The van der Waals surface area contributed by atoms with Gasteiger partial charge in [-0.2, -0.15) is 5.48 Å². The summed E-state index contributed by atoms with van der Waals surface area (Å²) in [5.74, 6) is -2.25. The monoisotopic (exact) mass is 410 g/mol. The van der Waals surface area contributed by atoms with Gasteiger partial charge in [0.25, 0.3) is 5.91 Å². The lowest BCUT2D eigenvalue weighted by Gasteiger charge is -2.26. The van der Waals surface area contributed by atoms with Crippen LogP contribution in [0.1, 0.15) is 79.1 Å². The van der Waals surface area contributed by atoms with Crippen molar-refractivity contribution in [1.82, 2.24) is 11.0 Å². The minimum absolute atomic E-state index is 0.0298. The number of nitrogens with one attached hydrogen (secondary N) is 2. The van der Waals surface area contributed by atoms with Crippen LogP contribution < -0.4 is 11.0 Å².